The summed E-state index contributed by atoms with van der Waals surface area (Å²) in [6.45, 7) is 1.50. The molecule has 2 heterocycles. The number of benzene rings is 1. The summed E-state index contributed by atoms with van der Waals surface area (Å²) in [5.74, 6) is -0.504. The molecule has 0 aromatic heterocycles. The van der Waals surface area contributed by atoms with E-state index in [-0.39, 0.29) is 0 Å². The van der Waals surface area contributed by atoms with E-state index in [0.29, 0.717) is 0 Å². The highest BCUT2D eigenvalue weighted by Gasteiger charge is 2.15. The van der Waals surface area contributed by atoms with Crippen molar-refractivity contribution in [1.29, 1.82) is 0 Å². The number of hydrogen-bond acceptors (Lipinski definition) is 5. The minimum absolute atomic E-state index is 0.504. The maximum absolute atomic E-state index is 10.7. The minimum Gasteiger partial charge on any atom is -0.467 e. The first kappa shape index (κ1) is 14.4. The van der Waals surface area contributed by atoms with Crippen LogP contribution in [0.5, 0.6) is 0 Å². The monoisotopic (exact) mass is 269 g/mol. The van der Waals surface area contributed by atoms with Crippen LogP contribution in [0, 0.1) is 0 Å². The van der Waals surface area contributed by atoms with E-state index >= 15 is 0 Å². The third kappa shape index (κ3) is 4.29. The molecule has 1 amide bonds. The zero-order valence-corrected chi connectivity index (χ0v) is 11.2. The number of hydrogen-bond donors (Lipinski definition) is 1. The Labute approximate surface area is 110 Å². The van der Waals surface area contributed by atoms with Crippen LogP contribution >= 0.6 is 11.8 Å². The van der Waals surface area contributed by atoms with E-state index < -0.39 is 18.1 Å². The van der Waals surface area contributed by atoms with Crippen molar-refractivity contribution in [3.8, 4) is 0 Å². The van der Waals surface area contributed by atoms with Crippen LogP contribution in [0.2, 0.25) is 0 Å². The Morgan fingerprint density at radius 1 is 1.22 bits per heavy atom. The normalized spacial score (nSPS) is 12.2. The molecule has 3 rings (SSSR count). The lowest BCUT2D eigenvalue weighted by Crippen LogP contribution is -2.38. The van der Waals surface area contributed by atoms with Crippen LogP contribution in [-0.2, 0) is 14.3 Å². The fraction of sp³-hybridized carbons (Fsp3) is 0.333. The number of esters is 1. The fourth-order valence-electron chi connectivity index (χ4n) is 1.15. The molecular weight excluding hydrogens is 254 g/mol. The van der Waals surface area contributed by atoms with Gasteiger partial charge in [0.1, 0.15) is 6.04 Å². The van der Waals surface area contributed by atoms with Gasteiger partial charge in [0.25, 0.3) is 0 Å². The molecule has 0 aliphatic carbocycles. The number of fused-ring (bicyclic) bond motifs is 2. The number of carbonyl (C=O) groups excluding carboxylic acids is 2. The van der Waals surface area contributed by atoms with Crippen LogP contribution in [0.15, 0.2) is 34.1 Å². The molecule has 1 unspecified atom stereocenters. The summed E-state index contributed by atoms with van der Waals surface area (Å²) < 4.78 is 8.61. The van der Waals surface area contributed by atoms with Gasteiger partial charge in [-0.15, -0.1) is 0 Å². The maximum Gasteiger partial charge on any atom is 0.407 e. The van der Waals surface area contributed by atoms with E-state index in [1.54, 1.807) is 0 Å². The van der Waals surface area contributed by atoms with Gasteiger partial charge in [-0.25, -0.2) is 9.59 Å². The standard InChI is InChI=1S/C6H11NO4.C6H4S/c1-4(5(8)10-2)7-6(9)11-3;1-2-5-4-6(3-1)7-5/h4H,1-3H3,(H,7,9);1-4H. The summed E-state index contributed by atoms with van der Waals surface area (Å²) in [5, 5.41) is 2.24. The summed E-state index contributed by atoms with van der Waals surface area (Å²) in [6, 6.07) is 7.84. The number of nitrogens with one attached hydrogen (secondary N) is 1. The van der Waals surface area contributed by atoms with Crippen LogP contribution in [0.25, 0.3) is 0 Å². The summed E-state index contributed by atoms with van der Waals surface area (Å²) >= 11 is 1.85. The summed E-state index contributed by atoms with van der Waals surface area (Å²) in [5.41, 5.74) is 0. The number of rotatable bonds is 2. The molecule has 0 fully saturated rings. The Bertz CT molecular complexity index is 411. The third-order valence-electron chi connectivity index (χ3n) is 2.12. The third-order valence-corrected chi connectivity index (χ3v) is 3.09. The van der Waals surface area contributed by atoms with Gasteiger partial charge in [-0.3, -0.25) is 0 Å². The van der Waals surface area contributed by atoms with Gasteiger partial charge < -0.3 is 14.8 Å². The molecule has 2 bridgehead atoms. The molecule has 1 aromatic carbocycles. The summed E-state index contributed by atoms with van der Waals surface area (Å²) in [6.07, 6.45) is -0.650. The van der Waals surface area contributed by atoms with Gasteiger partial charge in [-0.2, -0.15) is 0 Å². The predicted molar refractivity (Wildman–Crippen MR) is 67.6 cm³/mol. The molecule has 0 radical (unpaired) electrons. The van der Waals surface area contributed by atoms with Crippen molar-refractivity contribution in [1.82, 2.24) is 5.32 Å². The van der Waals surface area contributed by atoms with Gasteiger partial charge in [-0.1, -0.05) is 17.8 Å². The highest BCUT2D eigenvalue weighted by Crippen LogP contribution is 2.37. The van der Waals surface area contributed by atoms with E-state index in [2.05, 4.69) is 39.1 Å². The molecule has 0 saturated heterocycles. The van der Waals surface area contributed by atoms with Crippen molar-refractivity contribution in [2.24, 2.45) is 0 Å². The molecule has 1 N–H and O–H groups in total. The summed E-state index contributed by atoms with van der Waals surface area (Å²) in [7, 11) is 2.47. The first-order valence-electron chi connectivity index (χ1n) is 5.27. The number of alkyl carbamates (subject to hydrolysis) is 1. The maximum atomic E-state index is 10.7. The molecule has 6 heteroatoms. The van der Waals surface area contributed by atoms with Gasteiger partial charge in [-0.05, 0) is 25.1 Å². The van der Waals surface area contributed by atoms with Crippen LogP contribution in [0.1, 0.15) is 6.92 Å². The molecule has 1 atom stereocenters. The Kier molecular flexibility index (Phi) is 5.51. The average Bonchev–Trinajstić information content (AvgIpc) is 2.38. The highest BCUT2D eigenvalue weighted by atomic mass is 32.2. The van der Waals surface area contributed by atoms with Crippen molar-refractivity contribution in [2.45, 2.75) is 22.8 Å². The molecule has 0 saturated carbocycles. The van der Waals surface area contributed by atoms with E-state index in [1.165, 1.54) is 30.9 Å². The molecule has 98 valence electrons. The van der Waals surface area contributed by atoms with Gasteiger partial charge in [0.15, 0.2) is 0 Å². The van der Waals surface area contributed by atoms with Crippen LogP contribution in [-0.4, -0.2) is 32.3 Å². The SMILES string of the molecule is COC(=O)NC(C)C(=O)OC.c1cc2cc(c1)S2. The second-order valence-corrected chi connectivity index (χ2v) is 4.60. The lowest BCUT2D eigenvalue weighted by molar-refractivity contribution is -0.142. The van der Waals surface area contributed by atoms with Crippen LogP contribution in [0.3, 0.4) is 0 Å². The van der Waals surface area contributed by atoms with Crippen molar-refractivity contribution in [3.05, 3.63) is 24.3 Å². The quantitative estimate of drug-likeness (QED) is 0.845. The van der Waals surface area contributed by atoms with E-state index in [9.17, 15) is 9.59 Å². The molecule has 5 nitrogen and oxygen atoms in total. The topological polar surface area (TPSA) is 64.6 Å². The molecule has 1 aromatic rings. The average molecular weight is 269 g/mol. The zero-order valence-electron chi connectivity index (χ0n) is 10.4. The first-order chi connectivity index (χ1) is 8.56. The Hall–Kier alpha value is -1.69. The second kappa shape index (κ2) is 6.90. The van der Waals surface area contributed by atoms with Crippen molar-refractivity contribution in [2.75, 3.05) is 14.2 Å². The zero-order chi connectivity index (χ0) is 13.5. The van der Waals surface area contributed by atoms with Crippen molar-refractivity contribution < 1.29 is 19.1 Å². The Balaban J connectivity index is 0.000000194. The van der Waals surface area contributed by atoms with Gasteiger partial charge in [0.2, 0.25) is 0 Å². The van der Waals surface area contributed by atoms with Gasteiger partial charge in [0, 0.05) is 9.79 Å². The first-order valence-corrected chi connectivity index (χ1v) is 6.08. The number of amides is 1. The fourth-order valence-corrected chi connectivity index (χ4v) is 1.90. The molecule has 18 heavy (non-hydrogen) atoms. The highest BCUT2D eigenvalue weighted by molar-refractivity contribution is 8.00. The number of carbonyl (C=O) groups is 2. The minimum atomic E-state index is -0.674. The van der Waals surface area contributed by atoms with Gasteiger partial charge >= 0.3 is 12.1 Å². The summed E-state index contributed by atoms with van der Waals surface area (Å²) in [4.78, 5) is 24.0. The molecule has 2 aliphatic heterocycles. The smallest absolute Gasteiger partial charge is 0.407 e. The van der Waals surface area contributed by atoms with E-state index in [0.717, 1.165) is 0 Å². The molecule has 0 spiro atoms. The largest absolute Gasteiger partial charge is 0.467 e. The second-order valence-electron chi connectivity index (χ2n) is 3.46. The van der Waals surface area contributed by atoms with Gasteiger partial charge in [0.05, 0.1) is 14.2 Å². The van der Waals surface area contributed by atoms with Crippen molar-refractivity contribution >= 4 is 23.8 Å². The lowest BCUT2D eigenvalue weighted by atomic mass is 10.3. The van der Waals surface area contributed by atoms with Crippen LogP contribution < -0.4 is 5.32 Å². The van der Waals surface area contributed by atoms with E-state index in [1.807, 2.05) is 11.8 Å². The number of ether oxygens (including phenoxy) is 2. The Morgan fingerprint density at radius 3 is 2.06 bits per heavy atom. The molecule has 2 aliphatic rings. The van der Waals surface area contributed by atoms with Crippen LogP contribution in [0.4, 0.5) is 4.79 Å². The number of methoxy groups -OCH3 is 2. The van der Waals surface area contributed by atoms with E-state index in [4.69, 9.17) is 0 Å². The van der Waals surface area contributed by atoms with Crippen molar-refractivity contribution in [3.63, 3.8) is 0 Å². The molecular formula is C12H15NO4S. The Morgan fingerprint density at radius 2 is 1.78 bits per heavy atom. The lowest BCUT2D eigenvalue weighted by Gasteiger charge is -2.10. The predicted octanol–water partition coefficient (Wildman–Crippen LogP) is 2.06.